The number of nitrogens with zero attached hydrogens (tertiary/aromatic N) is 2. The van der Waals surface area contributed by atoms with E-state index in [0.29, 0.717) is 16.8 Å². The van der Waals surface area contributed by atoms with E-state index in [9.17, 15) is 0 Å². The second-order valence-corrected chi connectivity index (χ2v) is 6.55. The molecule has 0 aliphatic heterocycles. The summed E-state index contributed by atoms with van der Waals surface area (Å²) in [5.41, 5.74) is 2.72. The van der Waals surface area contributed by atoms with Crippen molar-refractivity contribution in [2.24, 2.45) is 0 Å². The Labute approximate surface area is 158 Å². The summed E-state index contributed by atoms with van der Waals surface area (Å²) in [6.07, 6.45) is 1.78. The molecule has 0 saturated heterocycles. The summed E-state index contributed by atoms with van der Waals surface area (Å²) in [6.45, 7) is 5.95. The zero-order valence-corrected chi connectivity index (χ0v) is 15.7. The van der Waals surface area contributed by atoms with Crippen LogP contribution in [0, 0.1) is 6.92 Å². The molecule has 0 aliphatic rings. The van der Waals surface area contributed by atoms with Crippen molar-refractivity contribution in [2.45, 2.75) is 26.9 Å². The molecule has 0 spiro atoms. The Balaban J connectivity index is 1.78. The molecule has 0 bridgehead atoms. The molecule has 3 rings (SSSR count). The van der Waals surface area contributed by atoms with E-state index in [1.54, 1.807) is 12.3 Å². The molecule has 0 saturated carbocycles. The predicted octanol–water partition coefficient (Wildman–Crippen LogP) is 5.71. The van der Waals surface area contributed by atoms with E-state index in [0.717, 1.165) is 22.7 Å². The molecule has 1 heterocycles. The van der Waals surface area contributed by atoms with Crippen LogP contribution in [-0.4, -0.2) is 16.1 Å². The fourth-order valence-electron chi connectivity index (χ4n) is 2.35. The van der Waals surface area contributed by atoms with Crippen molar-refractivity contribution in [1.82, 2.24) is 9.97 Å². The van der Waals surface area contributed by atoms with E-state index < -0.39 is 0 Å². The first-order valence-electron chi connectivity index (χ1n) is 8.40. The van der Waals surface area contributed by atoms with Crippen LogP contribution in [0.25, 0.3) is 0 Å². The lowest BCUT2D eigenvalue weighted by atomic mass is 10.2. The average Bonchev–Trinajstić information content (AvgIpc) is 2.60. The van der Waals surface area contributed by atoms with Crippen molar-refractivity contribution in [1.29, 1.82) is 0 Å². The van der Waals surface area contributed by atoms with E-state index >= 15 is 0 Å². The SMILES string of the molecule is Cc1ccc(Nc2ccnc(Nc3ccccc3OC(C)C)n2)cc1Cl. The number of hydrogen-bond donors (Lipinski definition) is 2. The van der Waals surface area contributed by atoms with Gasteiger partial charge in [-0.05, 0) is 56.7 Å². The smallest absolute Gasteiger partial charge is 0.229 e. The van der Waals surface area contributed by atoms with Crippen molar-refractivity contribution < 1.29 is 4.74 Å². The minimum absolute atomic E-state index is 0.0816. The normalized spacial score (nSPS) is 10.7. The molecule has 2 N–H and O–H groups in total. The van der Waals surface area contributed by atoms with Gasteiger partial charge in [-0.3, -0.25) is 0 Å². The van der Waals surface area contributed by atoms with Crippen molar-refractivity contribution in [2.75, 3.05) is 10.6 Å². The van der Waals surface area contributed by atoms with E-state index in [1.807, 2.05) is 63.2 Å². The molecule has 0 radical (unpaired) electrons. The summed E-state index contributed by atoms with van der Waals surface area (Å²) in [4.78, 5) is 8.79. The quantitative estimate of drug-likeness (QED) is 0.583. The van der Waals surface area contributed by atoms with Crippen molar-refractivity contribution in [3.63, 3.8) is 0 Å². The third-order valence-electron chi connectivity index (χ3n) is 3.60. The summed E-state index contributed by atoms with van der Waals surface area (Å²) in [5.74, 6) is 1.91. The van der Waals surface area contributed by atoms with Crippen LogP contribution in [0.15, 0.2) is 54.7 Å². The van der Waals surface area contributed by atoms with Crippen LogP contribution in [-0.2, 0) is 0 Å². The number of benzene rings is 2. The molecule has 0 aliphatic carbocycles. The Hall–Kier alpha value is -2.79. The minimum Gasteiger partial charge on any atom is -0.489 e. The fourth-order valence-corrected chi connectivity index (χ4v) is 2.53. The van der Waals surface area contributed by atoms with E-state index in [-0.39, 0.29) is 6.10 Å². The molecule has 2 aromatic carbocycles. The summed E-state index contributed by atoms with van der Waals surface area (Å²) < 4.78 is 5.82. The highest BCUT2D eigenvalue weighted by atomic mass is 35.5. The molecule has 6 heteroatoms. The minimum atomic E-state index is 0.0816. The van der Waals surface area contributed by atoms with Crippen molar-refractivity contribution >= 4 is 34.7 Å². The first-order chi connectivity index (χ1) is 12.5. The number of aryl methyl sites for hydroxylation is 1. The lowest BCUT2D eigenvalue weighted by Crippen LogP contribution is -2.08. The molecule has 3 aromatic rings. The zero-order chi connectivity index (χ0) is 18.5. The number of nitrogens with one attached hydrogen (secondary N) is 2. The summed E-state index contributed by atoms with van der Waals surface area (Å²) in [5, 5.41) is 7.16. The molecule has 0 amide bonds. The van der Waals surface area contributed by atoms with Crippen molar-refractivity contribution in [3.8, 4) is 5.75 Å². The van der Waals surface area contributed by atoms with E-state index in [2.05, 4.69) is 20.6 Å². The fraction of sp³-hybridized carbons (Fsp3) is 0.200. The molecule has 26 heavy (non-hydrogen) atoms. The summed E-state index contributed by atoms with van der Waals surface area (Å²) >= 11 is 6.18. The lowest BCUT2D eigenvalue weighted by Gasteiger charge is -2.15. The molecule has 0 atom stereocenters. The van der Waals surface area contributed by atoms with Gasteiger partial charge in [0.05, 0.1) is 11.8 Å². The van der Waals surface area contributed by atoms with Crippen LogP contribution in [0.1, 0.15) is 19.4 Å². The third-order valence-corrected chi connectivity index (χ3v) is 4.00. The molecule has 134 valence electrons. The highest BCUT2D eigenvalue weighted by molar-refractivity contribution is 6.31. The van der Waals surface area contributed by atoms with Crippen LogP contribution in [0.5, 0.6) is 5.75 Å². The van der Waals surface area contributed by atoms with Crippen LogP contribution in [0.3, 0.4) is 0 Å². The second kappa shape index (κ2) is 8.06. The maximum atomic E-state index is 6.18. The number of para-hydroxylation sites is 2. The van der Waals surface area contributed by atoms with E-state index in [4.69, 9.17) is 16.3 Å². The third kappa shape index (κ3) is 4.64. The molecule has 0 unspecified atom stereocenters. The van der Waals surface area contributed by atoms with Gasteiger partial charge >= 0.3 is 0 Å². The maximum Gasteiger partial charge on any atom is 0.229 e. The predicted molar refractivity (Wildman–Crippen MR) is 107 cm³/mol. The van der Waals surface area contributed by atoms with Crippen LogP contribution < -0.4 is 15.4 Å². The summed E-state index contributed by atoms with van der Waals surface area (Å²) in [6, 6.07) is 15.3. The average molecular weight is 369 g/mol. The zero-order valence-electron chi connectivity index (χ0n) is 15.0. The molecule has 0 fully saturated rings. The van der Waals surface area contributed by atoms with Gasteiger partial charge in [0.25, 0.3) is 0 Å². The number of halogens is 1. The second-order valence-electron chi connectivity index (χ2n) is 6.14. The number of anilines is 4. The van der Waals surface area contributed by atoms with Gasteiger partial charge in [-0.25, -0.2) is 4.98 Å². The van der Waals surface area contributed by atoms with Gasteiger partial charge in [0.1, 0.15) is 11.6 Å². The highest BCUT2D eigenvalue weighted by Gasteiger charge is 2.07. The van der Waals surface area contributed by atoms with Crippen LogP contribution in [0.4, 0.5) is 23.1 Å². The standard InChI is InChI=1S/C20H21ClN4O/c1-13(2)26-18-7-5-4-6-17(18)24-20-22-11-10-19(25-20)23-15-9-8-14(3)16(21)12-15/h4-13H,1-3H3,(H2,22,23,24,25). The van der Waals surface area contributed by atoms with Gasteiger partial charge in [-0.2, -0.15) is 4.98 Å². The summed E-state index contributed by atoms with van der Waals surface area (Å²) in [7, 11) is 0. The van der Waals surface area contributed by atoms with Crippen LogP contribution >= 0.6 is 11.6 Å². The van der Waals surface area contributed by atoms with Gasteiger partial charge in [0, 0.05) is 16.9 Å². The monoisotopic (exact) mass is 368 g/mol. The Morgan fingerprint density at radius 2 is 1.85 bits per heavy atom. The Morgan fingerprint density at radius 1 is 1.04 bits per heavy atom. The number of rotatable bonds is 6. The topological polar surface area (TPSA) is 59.1 Å². The molecule has 1 aromatic heterocycles. The number of aromatic nitrogens is 2. The van der Waals surface area contributed by atoms with Gasteiger partial charge in [0.15, 0.2) is 0 Å². The molecular weight excluding hydrogens is 348 g/mol. The first kappa shape index (κ1) is 18.0. The molecular formula is C20H21ClN4O. The lowest BCUT2D eigenvalue weighted by molar-refractivity contribution is 0.244. The Morgan fingerprint density at radius 3 is 2.62 bits per heavy atom. The number of ether oxygens (including phenoxy) is 1. The van der Waals surface area contributed by atoms with Crippen molar-refractivity contribution in [3.05, 3.63) is 65.3 Å². The van der Waals surface area contributed by atoms with Gasteiger partial charge in [-0.15, -0.1) is 0 Å². The van der Waals surface area contributed by atoms with E-state index in [1.165, 1.54) is 0 Å². The number of hydrogen-bond acceptors (Lipinski definition) is 5. The van der Waals surface area contributed by atoms with Gasteiger partial charge in [-0.1, -0.05) is 29.8 Å². The van der Waals surface area contributed by atoms with Crippen LogP contribution in [0.2, 0.25) is 5.02 Å². The largest absolute Gasteiger partial charge is 0.489 e. The highest BCUT2D eigenvalue weighted by Crippen LogP contribution is 2.28. The Bertz CT molecular complexity index is 898. The molecule has 5 nitrogen and oxygen atoms in total. The van der Waals surface area contributed by atoms with Gasteiger partial charge < -0.3 is 15.4 Å². The van der Waals surface area contributed by atoms with Gasteiger partial charge in [0.2, 0.25) is 5.95 Å². The maximum absolute atomic E-state index is 6.18. The Kier molecular flexibility index (Phi) is 5.58. The first-order valence-corrected chi connectivity index (χ1v) is 8.78.